The summed E-state index contributed by atoms with van der Waals surface area (Å²) in [5.41, 5.74) is -12.0. The van der Waals surface area contributed by atoms with Gasteiger partial charge in [-0.15, -0.1) is 0 Å². The Hall–Kier alpha value is -0.980. The second kappa shape index (κ2) is 5.78. The van der Waals surface area contributed by atoms with E-state index in [-0.39, 0.29) is 13.0 Å². The fraction of sp³-hybridized carbons (Fsp3) is 0.455. The summed E-state index contributed by atoms with van der Waals surface area (Å²) in [7, 11) is -6.09. The molecule has 0 radical (unpaired) electrons. The van der Waals surface area contributed by atoms with Crippen molar-refractivity contribution in [1.82, 2.24) is 0 Å². The smallest absolute Gasteiger partial charge is 0.232 e. The maximum Gasteiger partial charge on any atom is 0.501 e. The summed E-state index contributed by atoms with van der Waals surface area (Å²) >= 11 is 2.46. The van der Waals surface area contributed by atoms with Crippen LogP contribution in [0.3, 0.4) is 0 Å². The lowest BCUT2D eigenvalue weighted by atomic mass is 9.90. The van der Waals surface area contributed by atoms with Gasteiger partial charge in [-0.1, -0.05) is 15.9 Å². The zero-order chi connectivity index (χ0) is 19.4. The molecule has 0 aliphatic carbocycles. The van der Waals surface area contributed by atoms with Crippen LogP contribution in [0.2, 0.25) is 0 Å². The highest BCUT2D eigenvalue weighted by Crippen LogP contribution is 2.51. The van der Waals surface area contributed by atoms with Gasteiger partial charge in [0.15, 0.2) is 0 Å². The van der Waals surface area contributed by atoms with Gasteiger partial charge in [-0.05, 0) is 30.7 Å². The van der Waals surface area contributed by atoms with E-state index in [1.54, 1.807) is 0 Å². The normalized spacial score (nSPS) is 16.8. The van der Waals surface area contributed by atoms with E-state index < -0.39 is 48.0 Å². The number of halogens is 10. The molecular weight excluding hydrogens is 447 g/mol. The summed E-state index contributed by atoms with van der Waals surface area (Å²) in [6, 6.07) is 0.413. The van der Waals surface area contributed by atoms with E-state index in [1.807, 2.05) is 0 Å². The highest BCUT2D eigenvalue weighted by Gasteiger charge is 2.70. The van der Waals surface area contributed by atoms with Crippen molar-refractivity contribution in [1.29, 1.82) is 0 Å². The van der Waals surface area contributed by atoms with Crippen molar-refractivity contribution in [3.05, 3.63) is 28.2 Å². The molecule has 0 aromatic heterocycles. The minimum atomic E-state index is -6.36. The van der Waals surface area contributed by atoms with Gasteiger partial charge >= 0.3 is 17.6 Å². The van der Waals surface area contributed by atoms with Crippen LogP contribution in [-0.2, 0) is 15.5 Å². The van der Waals surface area contributed by atoms with Crippen LogP contribution < -0.4 is 0 Å². The van der Waals surface area contributed by atoms with Crippen molar-refractivity contribution in [3.8, 4) is 0 Å². The zero-order valence-electron chi connectivity index (χ0n) is 11.2. The Labute approximate surface area is 137 Å². The molecule has 1 rings (SSSR count). The zero-order valence-corrected chi connectivity index (χ0v) is 13.6. The summed E-state index contributed by atoms with van der Waals surface area (Å²) in [6.45, 7) is -0.216. The topological polar surface area (TPSA) is 34.1 Å². The average Bonchev–Trinajstić information content (AvgIpc) is 2.34. The summed E-state index contributed by atoms with van der Waals surface area (Å²) in [5, 5.41) is 0. The lowest BCUT2D eigenvalue weighted by Crippen LogP contribution is -2.50. The standard InChI is InChI=1S/C11H6BrF9O2S/c1-8(13,9(14,15)10(16,17)18)5-2-6(12)4-7(3-5)24(22,23)11(19,20)21/h2-4H,1H3. The maximum atomic E-state index is 14.2. The van der Waals surface area contributed by atoms with Gasteiger partial charge in [-0.2, -0.15) is 35.1 Å². The van der Waals surface area contributed by atoms with Crippen LogP contribution in [0.4, 0.5) is 39.5 Å². The Morgan fingerprint density at radius 3 is 1.71 bits per heavy atom. The van der Waals surface area contributed by atoms with Gasteiger partial charge in [-0.3, -0.25) is 0 Å². The van der Waals surface area contributed by atoms with Crippen LogP contribution in [0.5, 0.6) is 0 Å². The molecule has 0 spiro atoms. The third-order valence-corrected chi connectivity index (χ3v) is 4.90. The Kier molecular flexibility index (Phi) is 5.07. The molecule has 0 saturated carbocycles. The van der Waals surface area contributed by atoms with Gasteiger partial charge < -0.3 is 0 Å². The largest absolute Gasteiger partial charge is 0.501 e. The molecule has 0 heterocycles. The van der Waals surface area contributed by atoms with Crippen LogP contribution in [-0.4, -0.2) is 26.0 Å². The fourth-order valence-electron chi connectivity index (χ4n) is 1.57. The lowest BCUT2D eigenvalue weighted by molar-refractivity contribution is -0.327. The van der Waals surface area contributed by atoms with Gasteiger partial charge in [0.2, 0.25) is 5.67 Å². The van der Waals surface area contributed by atoms with Gasteiger partial charge in [0, 0.05) is 4.47 Å². The van der Waals surface area contributed by atoms with E-state index in [9.17, 15) is 47.9 Å². The summed E-state index contributed by atoms with van der Waals surface area (Å²) in [4.78, 5) is -1.68. The molecule has 2 nitrogen and oxygen atoms in total. The van der Waals surface area contributed by atoms with E-state index in [0.717, 1.165) is 0 Å². The molecule has 0 amide bonds. The van der Waals surface area contributed by atoms with Crippen LogP contribution in [0.1, 0.15) is 12.5 Å². The average molecular weight is 453 g/mol. The first kappa shape index (κ1) is 21.1. The molecule has 0 bridgehead atoms. The van der Waals surface area contributed by atoms with Gasteiger partial charge in [0.1, 0.15) is 0 Å². The second-order valence-electron chi connectivity index (χ2n) is 4.70. The third kappa shape index (κ3) is 3.37. The first-order chi connectivity index (χ1) is 10.4. The molecule has 0 aliphatic heterocycles. The Bertz CT molecular complexity index is 735. The summed E-state index contributed by atoms with van der Waals surface area (Å²) < 4.78 is 137. The molecule has 0 fully saturated rings. The van der Waals surface area contributed by atoms with Crippen molar-refractivity contribution in [3.63, 3.8) is 0 Å². The van der Waals surface area contributed by atoms with Gasteiger partial charge in [0.25, 0.3) is 9.84 Å². The first-order valence-corrected chi connectivity index (χ1v) is 7.89. The van der Waals surface area contributed by atoms with Crippen molar-refractivity contribution >= 4 is 25.8 Å². The summed E-state index contributed by atoms with van der Waals surface area (Å²) in [6.07, 6.45) is -6.36. The van der Waals surface area contributed by atoms with Crippen LogP contribution in [0.15, 0.2) is 27.6 Å². The minimum Gasteiger partial charge on any atom is -0.232 e. The lowest BCUT2D eigenvalue weighted by Gasteiger charge is -2.32. The number of benzene rings is 1. The fourth-order valence-corrected chi connectivity index (χ4v) is 3.05. The van der Waals surface area contributed by atoms with Crippen LogP contribution in [0, 0.1) is 0 Å². The van der Waals surface area contributed by atoms with E-state index in [4.69, 9.17) is 0 Å². The van der Waals surface area contributed by atoms with E-state index in [1.165, 1.54) is 0 Å². The summed E-state index contributed by atoms with van der Waals surface area (Å²) in [5.74, 6) is -5.99. The van der Waals surface area contributed by atoms with Crippen molar-refractivity contribution in [2.75, 3.05) is 0 Å². The number of rotatable bonds is 3. The quantitative estimate of drug-likeness (QED) is 0.596. The molecule has 0 N–H and O–H groups in total. The van der Waals surface area contributed by atoms with Gasteiger partial charge in [-0.25, -0.2) is 12.8 Å². The molecule has 0 aliphatic rings. The molecule has 1 aromatic carbocycles. The van der Waals surface area contributed by atoms with Crippen molar-refractivity contribution < 1.29 is 47.9 Å². The number of hydrogen-bond donors (Lipinski definition) is 0. The van der Waals surface area contributed by atoms with E-state index >= 15 is 0 Å². The second-order valence-corrected chi connectivity index (χ2v) is 7.56. The predicted molar refractivity (Wildman–Crippen MR) is 66.8 cm³/mol. The molecule has 1 atom stereocenters. The van der Waals surface area contributed by atoms with Crippen LogP contribution in [0.25, 0.3) is 0 Å². The highest BCUT2D eigenvalue weighted by molar-refractivity contribution is 9.10. The minimum absolute atomic E-state index is 0.215. The van der Waals surface area contributed by atoms with Crippen LogP contribution >= 0.6 is 15.9 Å². The first-order valence-electron chi connectivity index (χ1n) is 5.61. The predicted octanol–water partition coefficient (Wildman–Crippen LogP) is 5.12. The Morgan fingerprint density at radius 2 is 1.33 bits per heavy atom. The number of alkyl halides is 9. The molecule has 138 valence electrons. The molecule has 0 saturated heterocycles. The number of sulfone groups is 1. The Balaban J connectivity index is 3.65. The van der Waals surface area contributed by atoms with Gasteiger partial charge in [0.05, 0.1) is 4.90 Å². The highest BCUT2D eigenvalue weighted by atomic mass is 79.9. The maximum absolute atomic E-state index is 14.2. The molecular formula is C11H6BrF9O2S. The molecule has 1 aromatic rings. The monoisotopic (exact) mass is 452 g/mol. The molecule has 1 unspecified atom stereocenters. The molecule has 13 heteroatoms. The van der Waals surface area contributed by atoms with E-state index in [0.29, 0.717) is 12.1 Å². The molecule has 24 heavy (non-hydrogen) atoms. The number of hydrogen-bond acceptors (Lipinski definition) is 2. The van der Waals surface area contributed by atoms with E-state index in [2.05, 4.69) is 15.9 Å². The SMILES string of the molecule is CC(F)(c1cc(Br)cc(S(=O)(=O)C(F)(F)F)c1)C(F)(F)C(F)(F)F. The van der Waals surface area contributed by atoms with Crippen molar-refractivity contribution in [2.45, 2.75) is 35.1 Å². The third-order valence-electron chi connectivity index (χ3n) is 2.97. The Morgan fingerprint density at radius 1 is 0.875 bits per heavy atom. The van der Waals surface area contributed by atoms with Crippen molar-refractivity contribution in [2.24, 2.45) is 0 Å².